The summed E-state index contributed by atoms with van der Waals surface area (Å²) in [6.45, 7) is 0. The Morgan fingerprint density at radius 2 is 2.04 bits per heavy atom. The number of imidazole rings is 1. The Morgan fingerprint density at radius 1 is 1.15 bits per heavy atom. The minimum atomic E-state index is -0.233. The van der Waals surface area contributed by atoms with E-state index in [2.05, 4.69) is 25.6 Å². The van der Waals surface area contributed by atoms with Gasteiger partial charge in [-0.25, -0.2) is 15.0 Å². The normalized spacial score (nSPS) is 15.5. The average Bonchev–Trinajstić information content (AvgIpc) is 3.35. The Labute approximate surface area is 158 Å². The number of hydrogen-bond donors (Lipinski definition) is 2. The van der Waals surface area contributed by atoms with Crippen LogP contribution in [0.5, 0.6) is 0 Å². The number of hydrogen-bond acceptors (Lipinski definition) is 6. The first-order valence-electron chi connectivity index (χ1n) is 8.29. The third-order valence-corrected chi connectivity index (χ3v) is 5.14. The van der Waals surface area contributed by atoms with E-state index < -0.39 is 0 Å². The van der Waals surface area contributed by atoms with Gasteiger partial charge in [0, 0.05) is 12.7 Å². The molecule has 0 bridgehead atoms. The second-order valence-electron chi connectivity index (χ2n) is 6.21. The molecule has 0 radical (unpaired) electrons. The van der Waals surface area contributed by atoms with Gasteiger partial charge in [-0.2, -0.15) is 0 Å². The largest absolute Gasteiger partial charge is 0.334 e. The molecule has 0 aliphatic carbocycles. The van der Waals surface area contributed by atoms with Gasteiger partial charge in [-0.1, -0.05) is 6.07 Å². The predicted octanol–water partition coefficient (Wildman–Crippen LogP) is 3.12. The van der Waals surface area contributed by atoms with Gasteiger partial charge in [-0.3, -0.25) is 10.1 Å². The van der Waals surface area contributed by atoms with Gasteiger partial charge in [0.15, 0.2) is 0 Å². The molecule has 8 heteroatoms. The van der Waals surface area contributed by atoms with E-state index in [0.717, 1.165) is 32.5 Å². The molecule has 0 atom stereocenters. The van der Waals surface area contributed by atoms with Gasteiger partial charge in [-0.05, 0) is 42.0 Å². The molecule has 1 aliphatic rings. The Balaban J connectivity index is 1.43. The van der Waals surface area contributed by atoms with Crippen LogP contribution in [0.25, 0.3) is 27.3 Å². The van der Waals surface area contributed by atoms with Crippen LogP contribution >= 0.6 is 11.3 Å². The molecule has 5 rings (SSSR count). The maximum Gasteiger partial charge on any atom is 0.276 e. The van der Waals surface area contributed by atoms with E-state index in [4.69, 9.17) is 0 Å². The number of aromatic nitrogens is 3. The second-order valence-corrected chi connectivity index (χ2v) is 7.09. The smallest absolute Gasteiger partial charge is 0.276 e. The van der Waals surface area contributed by atoms with Gasteiger partial charge in [0.05, 0.1) is 33.1 Å². The SMILES string of the molecule is Cn1cnc2ccc(NC3=NC(=Cc4ccc5ncsc5c4)C(=O)N3)cc21. The molecule has 4 aromatic rings. The lowest BCUT2D eigenvalue weighted by atomic mass is 10.2. The Bertz CT molecular complexity index is 1270. The number of nitrogens with one attached hydrogen (secondary N) is 2. The van der Waals surface area contributed by atoms with Crippen LogP contribution in [-0.2, 0) is 11.8 Å². The first-order valence-corrected chi connectivity index (χ1v) is 9.17. The van der Waals surface area contributed by atoms with Crippen molar-refractivity contribution in [3.05, 3.63) is 59.5 Å². The van der Waals surface area contributed by atoms with Crippen molar-refractivity contribution in [3.63, 3.8) is 0 Å². The van der Waals surface area contributed by atoms with E-state index in [1.54, 1.807) is 23.7 Å². The lowest BCUT2D eigenvalue weighted by Crippen LogP contribution is -2.29. The van der Waals surface area contributed by atoms with E-state index in [0.29, 0.717) is 11.7 Å². The zero-order valence-electron chi connectivity index (χ0n) is 14.3. The highest BCUT2D eigenvalue weighted by atomic mass is 32.1. The predicted molar refractivity (Wildman–Crippen MR) is 108 cm³/mol. The zero-order valence-corrected chi connectivity index (χ0v) is 15.1. The summed E-state index contributed by atoms with van der Waals surface area (Å²) in [5, 5.41) is 5.91. The summed E-state index contributed by atoms with van der Waals surface area (Å²) in [5.74, 6) is 0.176. The third kappa shape index (κ3) is 2.85. The van der Waals surface area contributed by atoms with Crippen molar-refractivity contribution in [1.29, 1.82) is 0 Å². The number of fused-ring (bicyclic) bond motifs is 2. The maximum atomic E-state index is 12.3. The third-order valence-electron chi connectivity index (χ3n) is 4.34. The topological polar surface area (TPSA) is 84.2 Å². The number of guanidine groups is 1. The summed E-state index contributed by atoms with van der Waals surface area (Å²) < 4.78 is 3.02. The summed E-state index contributed by atoms with van der Waals surface area (Å²) in [6, 6.07) is 11.7. The quantitative estimate of drug-likeness (QED) is 0.528. The average molecular weight is 374 g/mol. The lowest BCUT2D eigenvalue weighted by Gasteiger charge is -2.05. The van der Waals surface area contributed by atoms with Crippen molar-refractivity contribution in [2.75, 3.05) is 5.32 Å². The molecule has 3 heterocycles. The first kappa shape index (κ1) is 15.7. The van der Waals surface area contributed by atoms with Gasteiger partial charge in [0.25, 0.3) is 5.91 Å². The van der Waals surface area contributed by atoms with Crippen molar-refractivity contribution in [2.24, 2.45) is 12.0 Å². The summed E-state index contributed by atoms with van der Waals surface area (Å²) >= 11 is 1.57. The Hall–Kier alpha value is -3.52. The van der Waals surface area contributed by atoms with Gasteiger partial charge in [0.1, 0.15) is 5.70 Å². The fraction of sp³-hybridized carbons (Fsp3) is 0.0526. The number of aliphatic imine (C=N–C) groups is 1. The van der Waals surface area contributed by atoms with E-state index in [1.807, 2.05) is 53.5 Å². The number of anilines is 1. The first-order chi connectivity index (χ1) is 13.2. The fourth-order valence-corrected chi connectivity index (χ4v) is 3.71. The number of thiazole rings is 1. The highest BCUT2D eigenvalue weighted by Crippen LogP contribution is 2.22. The Kier molecular flexibility index (Phi) is 3.51. The van der Waals surface area contributed by atoms with Crippen LogP contribution in [0.3, 0.4) is 0 Å². The summed E-state index contributed by atoms with van der Waals surface area (Å²) in [7, 11) is 1.94. The molecule has 1 amide bonds. The van der Waals surface area contributed by atoms with Crippen LogP contribution < -0.4 is 10.6 Å². The van der Waals surface area contributed by atoms with Gasteiger partial charge in [0.2, 0.25) is 5.96 Å². The van der Waals surface area contributed by atoms with Crippen LogP contribution in [0.15, 0.2) is 58.9 Å². The van der Waals surface area contributed by atoms with Crippen molar-refractivity contribution in [3.8, 4) is 0 Å². The van der Waals surface area contributed by atoms with E-state index >= 15 is 0 Å². The molecule has 2 aromatic carbocycles. The van der Waals surface area contributed by atoms with Crippen LogP contribution in [0.1, 0.15) is 5.56 Å². The molecule has 0 saturated heterocycles. The maximum absolute atomic E-state index is 12.3. The van der Waals surface area contributed by atoms with Crippen LogP contribution in [0.2, 0.25) is 0 Å². The minimum absolute atomic E-state index is 0.233. The number of benzene rings is 2. The number of carbonyl (C=O) groups excluding carboxylic acids is 1. The monoisotopic (exact) mass is 374 g/mol. The molecular weight excluding hydrogens is 360 g/mol. The van der Waals surface area contributed by atoms with Crippen LogP contribution in [-0.4, -0.2) is 26.4 Å². The molecule has 1 aliphatic heterocycles. The standard InChI is InChI=1S/C19H14N6OS/c1-25-9-20-13-5-3-12(8-16(13)25)22-19-23-15(18(26)24-19)6-11-2-4-14-17(7-11)27-10-21-14/h2-10H,1H3,(H2,22,23,24,26). The van der Waals surface area contributed by atoms with E-state index in [-0.39, 0.29) is 5.91 Å². The number of nitrogens with zero attached hydrogens (tertiary/aromatic N) is 4. The van der Waals surface area contributed by atoms with Gasteiger partial charge in [-0.15, -0.1) is 11.3 Å². The van der Waals surface area contributed by atoms with Gasteiger partial charge < -0.3 is 9.88 Å². The molecule has 2 aromatic heterocycles. The number of amides is 1. The highest BCUT2D eigenvalue weighted by molar-refractivity contribution is 7.16. The van der Waals surface area contributed by atoms with Crippen molar-refractivity contribution >= 4 is 56.2 Å². The van der Waals surface area contributed by atoms with Crippen LogP contribution in [0, 0.1) is 0 Å². The van der Waals surface area contributed by atoms with E-state index in [9.17, 15) is 4.79 Å². The number of aryl methyl sites for hydroxylation is 1. The highest BCUT2D eigenvalue weighted by Gasteiger charge is 2.20. The minimum Gasteiger partial charge on any atom is -0.334 e. The number of carbonyl (C=O) groups is 1. The molecule has 0 unspecified atom stereocenters. The van der Waals surface area contributed by atoms with Crippen molar-refractivity contribution < 1.29 is 4.79 Å². The fourth-order valence-electron chi connectivity index (χ4n) is 2.99. The molecule has 0 fully saturated rings. The second kappa shape index (κ2) is 6.03. The number of rotatable bonds is 2. The summed E-state index contributed by atoms with van der Waals surface area (Å²) in [6.07, 6.45) is 3.54. The van der Waals surface area contributed by atoms with Crippen molar-refractivity contribution in [1.82, 2.24) is 19.9 Å². The molecule has 0 spiro atoms. The van der Waals surface area contributed by atoms with Crippen molar-refractivity contribution in [2.45, 2.75) is 0 Å². The summed E-state index contributed by atoms with van der Waals surface area (Å²) in [4.78, 5) is 25.2. The van der Waals surface area contributed by atoms with Gasteiger partial charge >= 0.3 is 0 Å². The Morgan fingerprint density at radius 3 is 2.96 bits per heavy atom. The van der Waals surface area contributed by atoms with Crippen LogP contribution in [0.4, 0.5) is 5.69 Å². The summed E-state index contributed by atoms with van der Waals surface area (Å²) in [5.41, 5.74) is 6.79. The van der Waals surface area contributed by atoms with E-state index in [1.165, 1.54) is 0 Å². The molecule has 0 saturated carbocycles. The molecular formula is C19H14N6OS. The molecule has 7 nitrogen and oxygen atoms in total. The lowest BCUT2D eigenvalue weighted by molar-refractivity contribution is -0.115. The molecule has 132 valence electrons. The molecule has 27 heavy (non-hydrogen) atoms. The zero-order chi connectivity index (χ0) is 18.4. The molecule has 2 N–H and O–H groups in total.